The van der Waals surface area contributed by atoms with Crippen molar-refractivity contribution >= 4 is 0 Å². The summed E-state index contributed by atoms with van der Waals surface area (Å²) in [5.74, 6) is 2.43. The van der Waals surface area contributed by atoms with Crippen LogP contribution < -0.4 is 4.74 Å². The Morgan fingerprint density at radius 3 is 2.19 bits per heavy atom. The van der Waals surface area contributed by atoms with Crippen LogP contribution >= 0.6 is 0 Å². The maximum Gasteiger partial charge on any atom is 0.119 e. The summed E-state index contributed by atoms with van der Waals surface area (Å²) in [4.78, 5) is 5.00. The van der Waals surface area contributed by atoms with Gasteiger partial charge in [-0.3, -0.25) is 4.90 Å². The minimum absolute atomic E-state index is 0.782. The Kier molecular flexibility index (Phi) is 6.52. The topological polar surface area (TPSA) is 15.7 Å². The summed E-state index contributed by atoms with van der Waals surface area (Å²) in [5, 5.41) is 0. The van der Waals surface area contributed by atoms with Crippen molar-refractivity contribution < 1.29 is 4.74 Å². The molecule has 2 rings (SSSR count). The lowest BCUT2D eigenvalue weighted by molar-refractivity contribution is 0.121. The first-order valence-corrected chi connectivity index (χ1v) is 8.13. The van der Waals surface area contributed by atoms with E-state index in [0.717, 1.165) is 25.3 Å². The van der Waals surface area contributed by atoms with Crippen molar-refractivity contribution in [3.8, 4) is 5.75 Å². The van der Waals surface area contributed by atoms with Gasteiger partial charge in [-0.25, -0.2) is 0 Å². The summed E-state index contributed by atoms with van der Waals surface area (Å²) in [7, 11) is 0. The van der Waals surface area contributed by atoms with Crippen LogP contribution in [0.4, 0.5) is 0 Å². The van der Waals surface area contributed by atoms with Gasteiger partial charge < -0.3 is 9.64 Å². The molecule has 1 radical (unpaired) electrons. The van der Waals surface area contributed by atoms with E-state index in [1.165, 1.54) is 44.2 Å². The van der Waals surface area contributed by atoms with Crippen molar-refractivity contribution in [2.24, 2.45) is 0 Å². The number of ether oxygens (including phenoxy) is 1. The van der Waals surface area contributed by atoms with Gasteiger partial charge in [0, 0.05) is 32.7 Å². The standard InChI is InChI=1S/C18H29N2O/c1-4-19-9-11-20(12-10-19)13-14-21-18-7-5-17(6-8-18)15-16(2)3/h5-8H,4,9-15H2,1-3H3. The number of nitrogens with zero attached hydrogens (tertiary/aromatic N) is 2. The number of piperazine rings is 1. The molecular formula is C18H29N2O. The Labute approximate surface area is 129 Å². The predicted octanol–water partition coefficient (Wildman–Crippen LogP) is 2.86. The number of hydrogen-bond donors (Lipinski definition) is 0. The van der Waals surface area contributed by atoms with E-state index >= 15 is 0 Å². The molecule has 0 atom stereocenters. The molecule has 0 saturated carbocycles. The second-order valence-corrected chi connectivity index (χ2v) is 6.15. The quantitative estimate of drug-likeness (QED) is 0.767. The maximum absolute atomic E-state index is 5.86. The average molecular weight is 289 g/mol. The largest absolute Gasteiger partial charge is 0.492 e. The van der Waals surface area contributed by atoms with E-state index in [1.54, 1.807) is 0 Å². The third-order valence-electron chi connectivity index (χ3n) is 4.07. The van der Waals surface area contributed by atoms with E-state index in [9.17, 15) is 0 Å². The van der Waals surface area contributed by atoms with Gasteiger partial charge in [0.05, 0.1) is 0 Å². The molecule has 3 heteroatoms. The highest BCUT2D eigenvalue weighted by Crippen LogP contribution is 2.15. The molecule has 1 aliphatic rings. The Balaban J connectivity index is 1.67. The minimum Gasteiger partial charge on any atom is -0.492 e. The second kappa shape index (κ2) is 8.40. The van der Waals surface area contributed by atoms with Crippen LogP contribution in [0.15, 0.2) is 24.3 Å². The van der Waals surface area contributed by atoms with E-state index in [0.29, 0.717) is 0 Å². The van der Waals surface area contributed by atoms with E-state index < -0.39 is 0 Å². The first-order valence-electron chi connectivity index (χ1n) is 8.13. The van der Waals surface area contributed by atoms with E-state index in [4.69, 9.17) is 4.74 Å². The normalized spacial score (nSPS) is 17.3. The first kappa shape index (κ1) is 16.3. The SMILES string of the molecule is CCN1CCN(CCOc2ccc(C[C](C)C)cc2)CC1. The van der Waals surface area contributed by atoms with E-state index in [2.05, 4.69) is 54.8 Å². The van der Waals surface area contributed by atoms with Crippen molar-refractivity contribution in [3.05, 3.63) is 35.7 Å². The molecule has 0 spiro atoms. The maximum atomic E-state index is 5.86. The van der Waals surface area contributed by atoms with Gasteiger partial charge in [0.2, 0.25) is 0 Å². The van der Waals surface area contributed by atoms with Gasteiger partial charge in [-0.15, -0.1) is 0 Å². The van der Waals surface area contributed by atoms with Crippen molar-refractivity contribution in [3.63, 3.8) is 0 Å². The Morgan fingerprint density at radius 2 is 1.62 bits per heavy atom. The third kappa shape index (κ3) is 5.68. The van der Waals surface area contributed by atoms with Crippen LogP contribution in [0, 0.1) is 5.92 Å². The zero-order valence-electron chi connectivity index (χ0n) is 13.8. The Morgan fingerprint density at radius 1 is 1.00 bits per heavy atom. The van der Waals surface area contributed by atoms with E-state index in [1.807, 2.05) is 0 Å². The molecule has 0 aromatic heterocycles. The molecule has 1 heterocycles. The molecule has 117 valence electrons. The van der Waals surface area contributed by atoms with E-state index in [-0.39, 0.29) is 0 Å². The number of likely N-dealkylation sites (N-methyl/N-ethyl adjacent to an activating group) is 1. The van der Waals surface area contributed by atoms with Crippen molar-refractivity contribution in [1.29, 1.82) is 0 Å². The summed E-state index contributed by atoms with van der Waals surface area (Å²) in [6.07, 6.45) is 1.06. The van der Waals surface area contributed by atoms with Gasteiger partial charge in [-0.1, -0.05) is 32.9 Å². The van der Waals surface area contributed by atoms with Gasteiger partial charge in [0.1, 0.15) is 12.4 Å². The van der Waals surface area contributed by atoms with Crippen LogP contribution in [0.3, 0.4) is 0 Å². The number of benzene rings is 1. The van der Waals surface area contributed by atoms with Crippen LogP contribution in [0.5, 0.6) is 5.75 Å². The van der Waals surface area contributed by atoms with Crippen LogP contribution in [0.25, 0.3) is 0 Å². The zero-order valence-corrected chi connectivity index (χ0v) is 13.8. The van der Waals surface area contributed by atoms with Crippen molar-refractivity contribution in [2.45, 2.75) is 27.2 Å². The summed E-state index contributed by atoms with van der Waals surface area (Å²) < 4.78 is 5.86. The highest BCUT2D eigenvalue weighted by molar-refractivity contribution is 5.28. The molecule has 21 heavy (non-hydrogen) atoms. The van der Waals surface area contributed by atoms with Crippen LogP contribution in [0.2, 0.25) is 0 Å². The molecule has 3 nitrogen and oxygen atoms in total. The second-order valence-electron chi connectivity index (χ2n) is 6.15. The molecule has 0 N–H and O–H groups in total. The lowest BCUT2D eigenvalue weighted by Crippen LogP contribution is -2.47. The summed E-state index contributed by atoms with van der Waals surface area (Å²) in [6.45, 7) is 14.3. The van der Waals surface area contributed by atoms with Crippen LogP contribution in [0.1, 0.15) is 26.3 Å². The number of rotatable bonds is 7. The summed E-state index contributed by atoms with van der Waals surface area (Å²) >= 11 is 0. The average Bonchev–Trinajstić information content (AvgIpc) is 2.49. The fourth-order valence-electron chi connectivity index (χ4n) is 2.73. The lowest BCUT2D eigenvalue weighted by Gasteiger charge is -2.33. The Bertz CT molecular complexity index is 394. The molecule has 0 bridgehead atoms. The lowest BCUT2D eigenvalue weighted by atomic mass is 10.0. The van der Waals surface area contributed by atoms with Gasteiger partial charge in [-0.2, -0.15) is 0 Å². The number of hydrogen-bond acceptors (Lipinski definition) is 3. The molecular weight excluding hydrogens is 260 g/mol. The molecule has 1 saturated heterocycles. The van der Waals surface area contributed by atoms with Crippen LogP contribution in [-0.4, -0.2) is 55.7 Å². The summed E-state index contributed by atoms with van der Waals surface area (Å²) in [6, 6.07) is 8.52. The van der Waals surface area contributed by atoms with Gasteiger partial charge in [0.15, 0.2) is 0 Å². The summed E-state index contributed by atoms with van der Waals surface area (Å²) in [5.41, 5.74) is 1.36. The molecule has 0 unspecified atom stereocenters. The van der Waals surface area contributed by atoms with Gasteiger partial charge in [-0.05, 0) is 36.6 Å². The monoisotopic (exact) mass is 289 g/mol. The molecule has 1 aromatic rings. The molecule has 1 fully saturated rings. The third-order valence-corrected chi connectivity index (χ3v) is 4.07. The Hall–Kier alpha value is -1.06. The minimum atomic E-state index is 0.782. The molecule has 0 aliphatic carbocycles. The molecule has 1 aromatic carbocycles. The predicted molar refractivity (Wildman–Crippen MR) is 88.8 cm³/mol. The smallest absolute Gasteiger partial charge is 0.119 e. The van der Waals surface area contributed by atoms with Gasteiger partial charge in [0.25, 0.3) is 0 Å². The van der Waals surface area contributed by atoms with Gasteiger partial charge >= 0.3 is 0 Å². The fourth-order valence-corrected chi connectivity index (χ4v) is 2.73. The molecule has 1 aliphatic heterocycles. The highest BCUT2D eigenvalue weighted by atomic mass is 16.5. The van der Waals surface area contributed by atoms with Crippen molar-refractivity contribution in [2.75, 3.05) is 45.9 Å². The fraction of sp³-hybridized carbons (Fsp3) is 0.611. The van der Waals surface area contributed by atoms with Crippen molar-refractivity contribution in [1.82, 2.24) is 9.80 Å². The first-order chi connectivity index (χ1) is 10.2. The highest BCUT2D eigenvalue weighted by Gasteiger charge is 2.14. The zero-order chi connectivity index (χ0) is 15.1. The molecule has 0 amide bonds. The van der Waals surface area contributed by atoms with Crippen LogP contribution in [-0.2, 0) is 6.42 Å².